The van der Waals surface area contributed by atoms with Crippen LogP contribution in [-0.4, -0.2) is 30.4 Å². The number of hydrogen-bond donors (Lipinski definition) is 0. The number of aromatic nitrogens is 1. The maximum atomic E-state index is 13.0. The maximum absolute atomic E-state index is 13.0. The Kier molecular flexibility index (Phi) is 3.99. The zero-order chi connectivity index (χ0) is 18.3. The lowest BCUT2D eigenvalue weighted by Gasteiger charge is -2.27. The quantitative estimate of drug-likeness (QED) is 0.537. The highest BCUT2D eigenvalue weighted by molar-refractivity contribution is 6.10. The van der Waals surface area contributed by atoms with E-state index in [0.29, 0.717) is 12.1 Å². The molecule has 0 amide bonds. The van der Waals surface area contributed by atoms with Gasteiger partial charge in [0.05, 0.1) is 19.9 Å². The molecule has 0 spiro atoms. The zero-order valence-electron chi connectivity index (χ0n) is 14.6. The van der Waals surface area contributed by atoms with Gasteiger partial charge in [-0.1, -0.05) is 18.2 Å². The van der Waals surface area contributed by atoms with Crippen molar-refractivity contribution in [2.45, 2.75) is 12.3 Å². The average molecular weight is 349 g/mol. The molecule has 0 bridgehead atoms. The van der Waals surface area contributed by atoms with Gasteiger partial charge in [0.15, 0.2) is 5.78 Å². The van der Waals surface area contributed by atoms with Crippen LogP contribution in [0.3, 0.4) is 0 Å². The number of fused-ring (bicyclic) bond motifs is 3. The number of carbonyl (C=O) groups excluding carboxylic acids is 2. The number of rotatable bonds is 3. The largest absolute Gasteiger partial charge is 0.497 e. The van der Waals surface area contributed by atoms with Crippen molar-refractivity contribution in [1.29, 1.82) is 0 Å². The molecule has 2 heterocycles. The van der Waals surface area contributed by atoms with E-state index in [9.17, 15) is 9.59 Å². The Morgan fingerprint density at radius 2 is 1.88 bits per heavy atom. The minimum absolute atomic E-state index is 0.0578. The number of ether oxygens (including phenoxy) is 2. The first-order valence-electron chi connectivity index (χ1n) is 8.50. The van der Waals surface area contributed by atoms with Gasteiger partial charge in [0, 0.05) is 17.6 Å². The number of methoxy groups -OCH3 is 2. The SMILES string of the molecule is COC(=O)[C@H]1C[C@@H](c2ccc(OC)cc2)c2cc3ccccn3c2C1=O. The second kappa shape index (κ2) is 6.33. The van der Waals surface area contributed by atoms with Crippen LogP contribution in [0.1, 0.15) is 34.0 Å². The van der Waals surface area contributed by atoms with Gasteiger partial charge in [-0.3, -0.25) is 9.59 Å². The number of hydrogen-bond acceptors (Lipinski definition) is 4. The van der Waals surface area contributed by atoms with E-state index < -0.39 is 11.9 Å². The minimum Gasteiger partial charge on any atom is -0.497 e. The van der Waals surface area contributed by atoms with Gasteiger partial charge < -0.3 is 13.9 Å². The Morgan fingerprint density at radius 3 is 2.58 bits per heavy atom. The molecular formula is C21H19NO4. The molecule has 1 aliphatic carbocycles. The van der Waals surface area contributed by atoms with Crippen LogP contribution in [0.25, 0.3) is 5.52 Å². The van der Waals surface area contributed by atoms with Crippen molar-refractivity contribution in [3.8, 4) is 5.75 Å². The maximum Gasteiger partial charge on any atom is 0.316 e. The molecule has 0 saturated heterocycles. The Labute approximate surface area is 151 Å². The van der Waals surface area contributed by atoms with Gasteiger partial charge in [0.25, 0.3) is 0 Å². The smallest absolute Gasteiger partial charge is 0.316 e. The molecule has 132 valence electrons. The van der Waals surface area contributed by atoms with E-state index in [1.807, 2.05) is 59.1 Å². The van der Waals surface area contributed by atoms with Crippen molar-refractivity contribution in [2.75, 3.05) is 14.2 Å². The third-order valence-electron chi connectivity index (χ3n) is 5.11. The third kappa shape index (κ3) is 2.47. The Balaban J connectivity index is 1.89. The highest BCUT2D eigenvalue weighted by atomic mass is 16.5. The fraction of sp³-hybridized carbons (Fsp3) is 0.238. The zero-order valence-corrected chi connectivity index (χ0v) is 14.6. The van der Waals surface area contributed by atoms with Gasteiger partial charge in [0.1, 0.15) is 11.7 Å². The summed E-state index contributed by atoms with van der Waals surface area (Å²) >= 11 is 0. The molecule has 2 atom stereocenters. The molecule has 0 N–H and O–H groups in total. The molecule has 26 heavy (non-hydrogen) atoms. The van der Waals surface area contributed by atoms with Crippen molar-refractivity contribution in [3.63, 3.8) is 0 Å². The number of esters is 1. The summed E-state index contributed by atoms with van der Waals surface area (Å²) in [6.45, 7) is 0. The summed E-state index contributed by atoms with van der Waals surface area (Å²) in [5.41, 5.74) is 3.51. The number of Topliss-reactive ketones (excluding diaryl/α,β-unsaturated/α-hetero) is 1. The lowest BCUT2D eigenvalue weighted by Crippen LogP contribution is -2.33. The first kappa shape index (κ1) is 16.4. The molecule has 0 radical (unpaired) electrons. The molecule has 2 aromatic heterocycles. The van der Waals surface area contributed by atoms with Gasteiger partial charge >= 0.3 is 5.97 Å². The fourth-order valence-electron chi connectivity index (χ4n) is 3.80. The first-order valence-corrected chi connectivity index (χ1v) is 8.50. The molecule has 1 aromatic carbocycles. The summed E-state index contributed by atoms with van der Waals surface area (Å²) in [6.07, 6.45) is 2.26. The summed E-state index contributed by atoms with van der Waals surface area (Å²) < 4.78 is 12.0. The van der Waals surface area contributed by atoms with E-state index in [-0.39, 0.29) is 11.7 Å². The van der Waals surface area contributed by atoms with Gasteiger partial charge in [-0.2, -0.15) is 0 Å². The Morgan fingerprint density at radius 1 is 1.12 bits per heavy atom. The van der Waals surface area contributed by atoms with Crippen LogP contribution in [0.5, 0.6) is 5.75 Å². The van der Waals surface area contributed by atoms with Gasteiger partial charge in [-0.25, -0.2) is 0 Å². The summed E-state index contributed by atoms with van der Waals surface area (Å²) in [6, 6.07) is 15.6. The lowest BCUT2D eigenvalue weighted by atomic mass is 9.76. The topological polar surface area (TPSA) is 57.0 Å². The summed E-state index contributed by atoms with van der Waals surface area (Å²) in [5, 5.41) is 0. The van der Waals surface area contributed by atoms with Crippen LogP contribution in [0.4, 0.5) is 0 Å². The highest BCUT2D eigenvalue weighted by Gasteiger charge is 2.41. The summed E-state index contributed by atoms with van der Waals surface area (Å²) in [4.78, 5) is 25.3. The van der Waals surface area contributed by atoms with E-state index in [1.165, 1.54) is 7.11 Å². The lowest BCUT2D eigenvalue weighted by molar-refractivity contribution is -0.144. The van der Waals surface area contributed by atoms with E-state index in [0.717, 1.165) is 22.4 Å². The molecule has 0 saturated carbocycles. The number of nitrogens with zero attached hydrogens (tertiary/aromatic N) is 1. The van der Waals surface area contributed by atoms with Crippen LogP contribution in [0, 0.1) is 5.92 Å². The average Bonchev–Trinajstić information content (AvgIpc) is 3.08. The van der Waals surface area contributed by atoms with Crippen LogP contribution in [0.2, 0.25) is 0 Å². The molecule has 1 aliphatic rings. The Hall–Kier alpha value is -3.08. The molecule has 0 aliphatic heterocycles. The first-order chi connectivity index (χ1) is 12.6. The molecule has 4 rings (SSSR count). The van der Waals surface area contributed by atoms with Gasteiger partial charge in [-0.05, 0) is 47.9 Å². The molecule has 0 fully saturated rings. The van der Waals surface area contributed by atoms with Gasteiger partial charge in [0.2, 0.25) is 0 Å². The predicted octanol–water partition coefficient (Wildman–Crippen LogP) is 3.46. The number of carbonyl (C=O) groups is 2. The third-order valence-corrected chi connectivity index (χ3v) is 5.11. The van der Waals surface area contributed by atoms with Crippen LogP contribution >= 0.6 is 0 Å². The Bertz CT molecular complexity index is 987. The summed E-state index contributed by atoms with van der Waals surface area (Å²) in [7, 11) is 2.95. The van der Waals surface area contributed by atoms with Crippen molar-refractivity contribution >= 4 is 17.3 Å². The van der Waals surface area contributed by atoms with Crippen LogP contribution < -0.4 is 4.74 Å². The number of benzene rings is 1. The van der Waals surface area contributed by atoms with Crippen molar-refractivity contribution in [2.24, 2.45) is 5.92 Å². The standard InChI is InChI=1S/C21H19NO4/c1-25-15-8-6-13(7-9-15)16-12-18(21(24)26-2)20(23)19-17(16)11-14-5-3-4-10-22(14)19/h3-11,16,18H,12H2,1-2H3/t16-,18-/m0/s1. The van der Waals surface area contributed by atoms with E-state index in [2.05, 4.69) is 0 Å². The van der Waals surface area contributed by atoms with Gasteiger partial charge in [-0.15, -0.1) is 0 Å². The monoisotopic (exact) mass is 349 g/mol. The molecule has 3 aromatic rings. The van der Waals surface area contributed by atoms with Crippen LogP contribution in [-0.2, 0) is 9.53 Å². The van der Waals surface area contributed by atoms with E-state index >= 15 is 0 Å². The fourth-order valence-corrected chi connectivity index (χ4v) is 3.80. The van der Waals surface area contributed by atoms with E-state index in [4.69, 9.17) is 9.47 Å². The second-order valence-electron chi connectivity index (χ2n) is 6.45. The van der Waals surface area contributed by atoms with E-state index in [1.54, 1.807) is 7.11 Å². The normalized spacial score (nSPS) is 19.2. The van der Waals surface area contributed by atoms with Crippen molar-refractivity contribution < 1.29 is 19.1 Å². The number of pyridine rings is 1. The molecular weight excluding hydrogens is 330 g/mol. The van der Waals surface area contributed by atoms with Crippen molar-refractivity contribution in [3.05, 3.63) is 71.5 Å². The van der Waals surface area contributed by atoms with Crippen LogP contribution in [0.15, 0.2) is 54.7 Å². The highest BCUT2D eigenvalue weighted by Crippen LogP contribution is 2.41. The minimum atomic E-state index is -0.794. The molecule has 0 unspecified atom stereocenters. The summed E-state index contributed by atoms with van der Waals surface area (Å²) in [5.74, 6) is -0.740. The number of ketones is 1. The predicted molar refractivity (Wildman–Crippen MR) is 96.7 cm³/mol. The second-order valence-corrected chi connectivity index (χ2v) is 6.45. The van der Waals surface area contributed by atoms with Crippen molar-refractivity contribution in [1.82, 2.24) is 4.40 Å². The molecule has 5 nitrogen and oxygen atoms in total. The molecule has 5 heteroatoms.